The molecule has 0 spiro atoms. The van der Waals surface area contributed by atoms with Crippen LogP contribution in [-0.4, -0.2) is 72.2 Å². The van der Waals surface area contributed by atoms with E-state index >= 15 is 0 Å². The minimum Gasteiger partial charge on any atom is -0.462 e. The monoisotopic (exact) mass is 708 g/mol. The van der Waals surface area contributed by atoms with Gasteiger partial charge in [0.25, 0.3) is 0 Å². The third-order valence-electron chi connectivity index (χ3n) is 13.0. The molecule has 1 aromatic rings. The lowest BCUT2D eigenvalue weighted by Crippen LogP contribution is -2.76. The number of rotatable bonds is 9. The largest absolute Gasteiger partial charge is 0.462 e. The average Bonchev–Trinajstić information content (AvgIpc) is 3.28. The van der Waals surface area contributed by atoms with E-state index in [1.807, 2.05) is 38.1 Å². The van der Waals surface area contributed by atoms with E-state index in [1.54, 1.807) is 6.92 Å². The quantitative estimate of drug-likeness (QED) is 0.189. The van der Waals surface area contributed by atoms with E-state index in [0.29, 0.717) is 25.7 Å². The Bertz CT molecular complexity index is 1580. The average molecular weight is 709 g/mol. The van der Waals surface area contributed by atoms with Gasteiger partial charge in [0.15, 0.2) is 6.10 Å². The predicted molar refractivity (Wildman–Crippen MR) is 189 cm³/mol. The van der Waals surface area contributed by atoms with Gasteiger partial charge in [-0.1, -0.05) is 57.2 Å². The second-order valence-electron chi connectivity index (χ2n) is 15.8. The number of hydrogen-bond donors (Lipinski definition) is 1. The van der Waals surface area contributed by atoms with E-state index in [4.69, 9.17) is 23.7 Å². The first kappa shape index (κ1) is 38.7. The number of ether oxygens (including phenoxy) is 5. The Morgan fingerprint density at radius 2 is 1.61 bits per heavy atom. The molecule has 0 aromatic heterocycles. The minimum atomic E-state index is -1.30. The summed E-state index contributed by atoms with van der Waals surface area (Å²) in [5.74, 6) is -3.61. The smallest absolute Gasteiger partial charge is 0.303 e. The summed E-state index contributed by atoms with van der Waals surface area (Å²) in [6.45, 7) is 15.6. The van der Waals surface area contributed by atoms with Gasteiger partial charge in [0, 0.05) is 44.9 Å². The second kappa shape index (κ2) is 14.5. The zero-order valence-electron chi connectivity index (χ0n) is 31.7. The van der Waals surface area contributed by atoms with Gasteiger partial charge in [-0.25, -0.2) is 0 Å². The number of aliphatic hydroxyl groups is 1. The molecule has 0 radical (unpaired) electrons. The summed E-state index contributed by atoms with van der Waals surface area (Å²) >= 11 is 0. The molecule has 10 nitrogen and oxygen atoms in total. The van der Waals surface area contributed by atoms with Crippen LogP contribution in [0.3, 0.4) is 0 Å². The van der Waals surface area contributed by atoms with Crippen molar-refractivity contribution in [2.24, 2.45) is 34.0 Å². The van der Waals surface area contributed by atoms with Crippen LogP contribution in [0.15, 0.2) is 48.1 Å². The van der Waals surface area contributed by atoms with Crippen LogP contribution < -0.4 is 0 Å². The molecular weight excluding hydrogens is 652 g/mol. The first-order valence-electron chi connectivity index (χ1n) is 18.4. The van der Waals surface area contributed by atoms with Gasteiger partial charge in [-0.05, 0) is 80.1 Å². The normalized spacial score (nSPS) is 37.6. The molecule has 2 fully saturated rings. The molecule has 2 saturated carbocycles. The van der Waals surface area contributed by atoms with Crippen molar-refractivity contribution in [3.63, 3.8) is 0 Å². The highest BCUT2D eigenvalue weighted by Crippen LogP contribution is 2.72. The van der Waals surface area contributed by atoms with Gasteiger partial charge < -0.3 is 28.8 Å². The number of carbonyl (C=O) groups excluding carboxylic acids is 4. The summed E-state index contributed by atoms with van der Waals surface area (Å²) in [6, 6.07) is 8.26. The van der Waals surface area contributed by atoms with Crippen LogP contribution in [0.1, 0.15) is 92.7 Å². The summed E-state index contributed by atoms with van der Waals surface area (Å²) in [4.78, 5) is 51.7. The molecule has 11 atom stereocenters. The molecule has 1 heterocycles. The van der Waals surface area contributed by atoms with E-state index in [9.17, 15) is 24.3 Å². The van der Waals surface area contributed by atoms with E-state index in [1.165, 1.54) is 38.8 Å². The fourth-order valence-electron chi connectivity index (χ4n) is 11.0. The van der Waals surface area contributed by atoms with Crippen LogP contribution in [0.4, 0.5) is 0 Å². The Morgan fingerprint density at radius 3 is 2.22 bits per heavy atom. The van der Waals surface area contributed by atoms with Crippen LogP contribution in [0.25, 0.3) is 0 Å². The number of aryl methyl sites for hydroxylation is 2. The zero-order chi connectivity index (χ0) is 37.5. The lowest BCUT2D eigenvalue weighted by molar-refractivity contribution is -0.304. The lowest BCUT2D eigenvalue weighted by atomic mass is 9.35. The molecule has 0 saturated heterocycles. The number of benzene rings is 1. The second-order valence-corrected chi connectivity index (χ2v) is 15.8. The van der Waals surface area contributed by atoms with Crippen molar-refractivity contribution in [3.8, 4) is 0 Å². The van der Waals surface area contributed by atoms with Crippen molar-refractivity contribution in [1.82, 2.24) is 0 Å². The predicted octanol–water partition coefficient (Wildman–Crippen LogP) is 5.86. The number of allylic oxidation sites excluding steroid dienone is 1. The first-order valence-corrected chi connectivity index (χ1v) is 18.4. The van der Waals surface area contributed by atoms with E-state index < -0.39 is 87.9 Å². The highest BCUT2D eigenvalue weighted by molar-refractivity contribution is 5.68. The Kier molecular flexibility index (Phi) is 11.0. The molecular formula is C41H56O10. The highest BCUT2D eigenvalue weighted by Gasteiger charge is 2.76. The maximum absolute atomic E-state index is 13.2. The fraction of sp³-hybridized carbons (Fsp3) is 0.659. The topological polar surface area (TPSA) is 135 Å². The highest BCUT2D eigenvalue weighted by atomic mass is 16.6. The molecule has 280 valence electrons. The third-order valence-corrected chi connectivity index (χ3v) is 13.0. The Balaban J connectivity index is 1.77. The molecule has 1 N–H and O–H groups in total. The molecule has 10 heteroatoms. The number of fused-ring (bicyclic) bond motifs is 5. The molecule has 5 unspecified atom stereocenters. The van der Waals surface area contributed by atoms with Gasteiger partial charge in [0.1, 0.15) is 18.3 Å². The van der Waals surface area contributed by atoms with Gasteiger partial charge in [0.05, 0.1) is 24.2 Å². The number of esters is 4. The van der Waals surface area contributed by atoms with Crippen LogP contribution in [0.5, 0.6) is 0 Å². The molecule has 4 aliphatic rings. The molecule has 0 bridgehead atoms. The van der Waals surface area contributed by atoms with Crippen LogP contribution >= 0.6 is 0 Å². The molecule has 3 aliphatic carbocycles. The van der Waals surface area contributed by atoms with Crippen molar-refractivity contribution >= 4 is 23.9 Å². The van der Waals surface area contributed by atoms with Crippen molar-refractivity contribution in [2.45, 2.75) is 124 Å². The summed E-state index contributed by atoms with van der Waals surface area (Å²) < 4.78 is 30.9. The summed E-state index contributed by atoms with van der Waals surface area (Å²) in [7, 11) is 0. The van der Waals surface area contributed by atoms with Crippen LogP contribution in [-0.2, 0) is 55.7 Å². The molecule has 1 aliphatic heterocycles. The van der Waals surface area contributed by atoms with Crippen molar-refractivity contribution in [1.29, 1.82) is 0 Å². The Labute approximate surface area is 302 Å². The molecule has 5 rings (SSSR count). The van der Waals surface area contributed by atoms with Gasteiger partial charge in [-0.3, -0.25) is 19.2 Å². The maximum atomic E-state index is 13.2. The van der Waals surface area contributed by atoms with E-state index in [2.05, 4.69) is 32.1 Å². The lowest BCUT2D eigenvalue weighted by Gasteiger charge is -2.71. The fourth-order valence-corrected chi connectivity index (χ4v) is 11.0. The molecule has 1 aromatic carbocycles. The van der Waals surface area contributed by atoms with Gasteiger partial charge in [-0.15, -0.1) is 0 Å². The summed E-state index contributed by atoms with van der Waals surface area (Å²) in [6.07, 6.45) is 5.14. The minimum absolute atomic E-state index is 0.0600. The van der Waals surface area contributed by atoms with Crippen molar-refractivity contribution in [2.75, 3.05) is 13.2 Å². The Hall–Kier alpha value is -3.50. The summed E-state index contributed by atoms with van der Waals surface area (Å²) in [5.41, 5.74) is -1.07. The van der Waals surface area contributed by atoms with Crippen molar-refractivity contribution < 1.29 is 48.0 Å². The third kappa shape index (κ3) is 6.56. The number of carbonyl (C=O) groups is 4. The van der Waals surface area contributed by atoms with Gasteiger partial charge in [0.2, 0.25) is 0 Å². The van der Waals surface area contributed by atoms with Gasteiger partial charge in [-0.2, -0.15) is 0 Å². The Morgan fingerprint density at radius 1 is 0.961 bits per heavy atom. The molecule has 51 heavy (non-hydrogen) atoms. The van der Waals surface area contributed by atoms with Crippen molar-refractivity contribution in [3.05, 3.63) is 59.2 Å². The van der Waals surface area contributed by atoms with Crippen LogP contribution in [0, 0.1) is 34.0 Å². The van der Waals surface area contributed by atoms with Crippen LogP contribution in [0.2, 0.25) is 0 Å². The van der Waals surface area contributed by atoms with E-state index in [0.717, 1.165) is 12.0 Å². The number of hydrogen-bond acceptors (Lipinski definition) is 10. The standard InChI is InChI=1S/C41H56O10/c1-10-30-14-11-12-15-31(30)17-20-41(46)24(2)22-34(49-27(5)43)39(9)33(41)18-19-38(8)32-16-13-21-47-23-40(32,25(3)48-26(4)42)37(51-29(7)45)35(36(38)39)50-28(6)44/h11-16,22,25,32-37,46H,10,17-21,23H2,1-9H3/t25?,32?,33?,34-,35?,36?,37+,38+,39-,40-,41+/m1/s1. The SMILES string of the molecule is CCc1ccccc1CC[C@]1(O)C(C)=C[C@@H](OC(C)=O)[C@]2(C)C3C(OC(C)=O)[C@H](OC(C)=O)[C@@]4(C(C)OC(C)=O)COCC=CC4[C@]3(C)CCC21. The first-order chi connectivity index (χ1) is 24.0. The summed E-state index contributed by atoms with van der Waals surface area (Å²) in [5, 5.41) is 13.1. The maximum Gasteiger partial charge on any atom is 0.303 e. The zero-order valence-corrected chi connectivity index (χ0v) is 31.7. The van der Waals surface area contributed by atoms with Gasteiger partial charge >= 0.3 is 23.9 Å². The van der Waals surface area contributed by atoms with E-state index in [-0.39, 0.29) is 13.2 Å². The molecule has 0 amide bonds.